The predicted octanol–water partition coefficient (Wildman–Crippen LogP) is 10.6. The summed E-state index contributed by atoms with van der Waals surface area (Å²) in [5, 5.41) is 0. The largest absolute Gasteiger partial charge is 0.368 e. The molecule has 3 heteroatoms. The summed E-state index contributed by atoms with van der Waals surface area (Å²) in [6.45, 7) is 9.82. The van der Waals surface area contributed by atoms with Gasteiger partial charge in [0.05, 0.1) is 6.04 Å². The normalized spacial score (nSPS) is 11.9. The minimum absolute atomic E-state index is 0.0681. The SMILES string of the molecule is CCCCCC(C(N)=O)N(C)CCC.CCCCCCCCCCCCCCCCCCCCCC. The third kappa shape index (κ3) is 29.7. The van der Waals surface area contributed by atoms with Crippen molar-refractivity contribution in [3.8, 4) is 0 Å². The lowest BCUT2D eigenvalue weighted by molar-refractivity contribution is -0.123. The summed E-state index contributed by atoms with van der Waals surface area (Å²) in [5.74, 6) is -0.183. The van der Waals surface area contributed by atoms with E-state index in [2.05, 4.69) is 32.6 Å². The predicted molar refractivity (Wildman–Crippen MR) is 164 cm³/mol. The molecule has 36 heavy (non-hydrogen) atoms. The van der Waals surface area contributed by atoms with Gasteiger partial charge in [0.15, 0.2) is 0 Å². The molecule has 1 unspecified atom stereocenters. The molecule has 0 aromatic heterocycles. The monoisotopic (exact) mass is 511 g/mol. The van der Waals surface area contributed by atoms with Gasteiger partial charge in [-0.25, -0.2) is 0 Å². The molecule has 0 aliphatic heterocycles. The van der Waals surface area contributed by atoms with E-state index in [9.17, 15) is 4.79 Å². The van der Waals surface area contributed by atoms with Crippen LogP contribution in [0.4, 0.5) is 0 Å². The van der Waals surface area contributed by atoms with Gasteiger partial charge in [-0.05, 0) is 26.4 Å². The Hall–Kier alpha value is -0.570. The van der Waals surface area contributed by atoms with Gasteiger partial charge < -0.3 is 5.73 Å². The zero-order valence-electron chi connectivity index (χ0n) is 25.9. The molecule has 0 radical (unpaired) electrons. The second-order valence-corrected chi connectivity index (χ2v) is 11.3. The first-order valence-corrected chi connectivity index (χ1v) is 16.5. The number of likely N-dealkylation sites (N-methyl/N-ethyl adjacent to an activating group) is 1. The van der Waals surface area contributed by atoms with Crippen LogP contribution in [0.25, 0.3) is 0 Å². The smallest absolute Gasteiger partial charge is 0.234 e. The van der Waals surface area contributed by atoms with Gasteiger partial charge in [0.2, 0.25) is 5.91 Å². The lowest BCUT2D eigenvalue weighted by Gasteiger charge is -2.24. The molecule has 0 spiro atoms. The fourth-order valence-corrected chi connectivity index (χ4v) is 5.00. The van der Waals surface area contributed by atoms with Crippen molar-refractivity contribution in [1.82, 2.24) is 4.90 Å². The van der Waals surface area contributed by atoms with Crippen LogP contribution in [0.5, 0.6) is 0 Å². The Labute approximate surface area is 229 Å². The molecule has 0 bridgehead atoms. The van der Waals surface area contributed by atoms with Crippen molar-refractivity contribution in [2.24, 2.45) is 5.73 Å². The van der Waals surface area contributed by atoms with E-state index in [1.165, 1.54) is 141 Å². The topological polar surface area (TPSA) is 46.3 Å². The van der Waals surface area contributed by atoms with Crippen molar-refractivity contribution in [1.29, 1.82) is 0 Å². The van der Waals surface area contributed by atoms with E-state index < -0.39 is 0 Å². The van der Waals surface area contributed by atoms with Crippen molar-refractivity contribution in [3.05, 3.63) is 0 Å². The van der Waals surface area contributed by atoms with E-state index >= 15 is 0 Å². The van der Waals surface area contributed by atoms with E-state index in [0.717, 1.165) is 25.8 Å². The van der Waals surface area contributed by atoms with Crippen LogP contribution < -0.4 is 5.73 Å². The third-order valence-corrected chi connectivity index (χ3v) is 7.48. The number of primary amides is 1. The number of nitrogens with zero attached hydrogens (tertiary/aromatic N) is 1. The summed E-state index contributed by atoms with van der Waals surface area (Å²) >= 11 is 0. The van der Waals surface area contributed by atoms with Crippen molar-refractivity contribution in [2.45, 2.75) is 194 Å². The molecule has 0 aromatic carbocycles. The molecule has 0 fully saturated rings. The van der Waals surface area contributed by atoms with Gasteiger partial charge in [-0.1, -0.05) is 175 Å². The third-order valence-electron chi connectivity index (χ3n) is 7.48. The summed E-state index contributed by atoms with van der Waals surface area (Å²) in [6, 6.07) is -0.0681. The summed E-state index contributed by atoms with van der Waals surface area (Å²) in [4.78, 5) is 13.3. The first kappa shape index (κ1) is 37.6. The van der Waals surface area contributed by atoms with Crippen LogP contribution in [-0.2, 0) is 4.79 Å². The summed E-state index contributed by atoms with van der Waals surface area (Å²) in [7, 11) is 1.98. The standard InChI is InChI=1S/C22H46.C11H24N2O/c1-3-5-7-9-11-13-15-17-19-21-22-20-18-16-14-12-10-8-6-4-2;1-4-6-7-8-10(11(12)14)13(3)9-5-2/h3-22H2,1-2H3;10H,4-9H2,1-3H3,(H2,12,14). The number of hydrogen-bond donors (Lipinski definition) is 1. The Bertz CT molecular complexity index is 392. The maximum atomic E-state index is 11.2. The molecule has 3 nitrogen and oxygen atoms in total. The maximum Gasteiger partial charge on any atom is 0.234 e. The molecule has 218 valence electrons. The average Bonchev–Trinajstić information content (AvgIpc) is 2.86. The number of hydrogen-bond acceptors (Lipinski definition) is 2. The average molecular weight is 511 g/mol. The molecule has 0 aliphatic rings. The molecule has 0 rings (SSSR count). The van der Waals surface area contributed by atoms with E-state index in [1.807, 2.05) is 7.05 Å². The van der Waals surface area contributed by atoms with Crippen LogP contribution in [0.3, 0.4) is 0 Å². The highest BCUT2D eigenvalue weighted by Crippen LogP contribution is 2.14. The second kappa shape index (κ2) is 32.5. The lowest BCUT2D eigenvalue weighted by atomic mass is 10.0. The molecular formula is C33H70N2O. The zero-order chi connectivity index (χ0) is 27.1. The van der Waals surface area contributed by atoms with Crippen LogP contribution in [0.15, 0.2) is 0 Å². The van der Waals surface area contributed by atoms with Gasteiger partial charge >= 0.3 is 0 Å². The van der Waals surface area contributed by atoms with Crippen molar-refractivity contribution in [3.63, 3.8) is 0 Å². The van der Waals surface area contributed by atoms with Crippen LogP contribution in [0.1, 0.15) is 188 Å². The molecule has 0 saturated heterocycles. The minimum atomic E-state index is -0.183. The van der Waals surface area contributed by atoms with Gasteiger partial charge in [0.1, 0.15) is 0 Å². The summed E-state index contributed by atoms with van der Waals surface area (Å²) < 4.78 is 0. The van der Waals surface area contributed by atoms with E-state index in [-0.39, 0.29) is 11.9 Å². The number of amides is 1. The first-order chi connectivity index (χ1) is 17.5. The highest BCUT2D eigenvalue weighted by atomic mass is 16.1. The Kier molecular flexibility index (Phi) is 33.9. The number of carbonyl (C=O) groups excluding carboxylic acids is 1. The first-order valence-electron chi connectivity index (χ1n) is 16.5. The van der Waals surface area contributed by atoms with Crippen LogP contribution >= 0.6 is 0 Å². The van der Waals surface area contributed by atoms with Crippen molar-refractivity contribution < 1.29 is 4.79 Å². The summed E-state index contributed by atoms with van der Waals surface area (Å²) in [6.07, 6.45) is 34.8. The molecule has 1 amide bonds. The van der Waals surface area contributed by atoms with E-state index in [4.69, 9.17) is 5.73 Å². The number of carbonyl (C=O) groups is 1. The minimum Gasteiger partial charge on any atom is -0.368 e. The Morgan fingerprint density at radius 3 is 1.03 bits per heavy atom. The highest BCUT2D eigenvalue weighted by molar-refractivity contribution is 5.79. The molecule has 0 aromatic rings. The van der Waals surface area contributed by atoms with Gasteiger partial charge in [-0.2, -0.15) is 0 Å². The zero-order valence-corrected chi connectivity index (χ0v) is 25.9. The van der Waals surface area contributed by atoms with E-state index in [1.54, 1.807) is 0 Å². The van der Waals surface area contributed by atoms with Crippen molar-refractivity contribution in [2.75, 3.05) is 13.6 Å². The maximum absolute atomic E-state index is 11.2. The molecule has 0 aliphatic carbocycles. The van der Waals surface area contributed by atoms with E-state index in [0.29, 0.717) is 0 Å². The fraction of sp³-hybridized carbons (Fsp3) is 0.970. The highest BCUT2D eigenvalue weighted by Gasteiger charge is 2.18. The quantitative estimate of drug-likeness (QED) is 0.112. The number of rotatable bonds is 27. The van der Waals surface area contributed by atoms with Crippen molar-refractivity contribution >= 4 is 5.91 Å². The van der Waals surface area contributed by atoms with Gasteiger partial charge in [-0.3, -0.25) is 9.69 Å². The number of unbranched alkanes of at least 4 members (excludes halogenated alkanes) is 21. The van der Waals surface area contributed by atoms with Gasteiger partial charge in [-0.15, -0.1) is 0 Å². The fourth-order valence-electron chi connectivity index (χ4n) is 5.00. The molecule has 2 N–H and O–H groups in total. The molecule has 1 atom stereocenters. The summed E-state index contributed by atoms with van der Waals surface area (Å²) in [5.41, 5.74) is 5.37. The second-order valence-electron chi connectivity index (χ2n) is 11.3. The van der Waals surface area contributed by atoms with Gasteiger partial charge in [0, 0.05) is 0 Å². The molecule has 0 heterocycles. The Morgan fingerprint density at radius 2 is 0.778 bits per heavy atom. The van der Waals surface area contributed by atoms with Crippen LogP contribution in [-0.4, -0.2) is 30.4 Å². The van der Waals surface area contributed by atoms with Crippen LogP contribution in [0, 0.1) is 0 Å². The molecular weight excluding hydrogens is 440 g/mol. The lowest BCUT2D eigenvalue weighted by Crippen LogP contribution is -2.42. The Morgan fingerprint density at radius 1 is 0.500 bits per heavy atom. The van der Waals surface area contributed by atoms with Gasteiger partial charge in [0.25, 0.3) is 0 Å². The van der Waals surface area contributed by atoms with Crippen LogP contribution in [0.2, 0.25) is 0 Å². The molecule has 0 saturated carbocycles. The number of nitrogens with two attached hydrogens (primary N) is 1. The Balaban J connectivity index is 0.